The van der Waals surface area contributed by atoms with E-state index in [1.165, 1.54) is 17.8 Å². The van der Waals surface area contributed by atoms with Gasteiger partial charge in [-0.2, -0.15) is 9.98 Å². The van der Waals surface area contributed by atoms with Gasteiger partial charge in [0.1, 0.15) is 10.3 Å². The number of hydrogen-bond donors (Lipinski definition) is 1. The standard InChI is InChI=1S/C21H19N5O3S3/c1-30-21-23-9-7-16(24-21)18-5-6-19(31-18)32(28,29)25-17-8-10-26(20(17)27)13-15-4-2-3-14(11-15)12-22/h2-7,9,11,17,25H,8,10,13H2,1H3/t17-/m0/s1. The molecule has 1 saturated heterocycles. The molecule has 3 heterocycles. The molecule has 0 radical (unpaired) electrons. The molecule has 0 unspecified atom stereocenters. The molecule has 0 bridgehead atoms. The highest BCUT2D eigenvalue weighted by molar-refractivity contribution is 7.98. The van der Waals surface area contributed by atoms with Gasteiger partial charge in [-0.05, 0) is 48.6 Å². The van der Waals surface area contributed by atoms with Crippen molar-refractivity contribution in [1.29, 1.82) is 5.26 Å². The number of rotatable bonds is 7. The Bertz CT molecular complexity index is 1300. The summed E-state index contributed by atoms with van der Waals surface area (Å²) in [7, 11) is -3.86. The first-order valence-corrected chi connectivity index (χ1v) is 13.2. The van der Waals surface area contributed by atoms with E-state index in [0.717, 1.165) is 16.9 Å². The number of nitrogens with zero attached hydrogens (tertiary/aromatic N) is 4. The quantitative estimate of drug-likeness (QED) is 0.404. The Morgan fingerprint density at radius 1 is 1.31 bits per heavy atom. The average molecular weight is 486 g/mol. The molecule has 1 atom stereocenters. The lowest BCUT2D eigenvalue weighted by Crippen LogP contribution is -2.41. The van der Waals surface area contributed by atoms with Crippen LogP contribution in [0.15, 0.2) is 58.0 Å². The smallest absolute Gasteiger partial charge is 0.250 e. The van der Waals surface area contributed by atoms with Crippen LogP contribution < -0.4 is 4.72 Å². The van der Waals surface area contributed by atoms with E-state index in [9.17, 15) is 13.2 Å². The summed E-state index contributed by atoms with van der Waals surface area (Å²) < 4.78 is 28.5. The van der Waals surface area contributed by atoms with Crippen molar-refractivity contribution < 1.29 is 13.2 Å². The second kappa shape index (κ2) is 9.38. The van der Waals surface area contributed by atoms with Crippen LogP contribution in [0.5, 0.6) is 0 Å². The number of thioether (sulfide) groups is 1. The van der Waals surface area contributed by atoms with Crippen molar-refractivity contribution >= 4 is 39.0 Å². The predicted molar refractivity (Wildman–Crippen MR) is 122 cm³/mol. The van der Waals surface area contributed by atoms with E-state index in [1.807, 2.05) is 12.3 Å². The zero-order chi connectivity index (χ0) is 22.7. The van der Waals surface area contributed by atoms with Gasteiger partial charge in [0.2, 0.25) is 5.91 Å². The van der Waals surface area contributed by atoms with Gasteiger partial charge in [-0.1, -0.05) is 23.9 Å². The molecule has 1 aromatic carbocycles. The number of nitriles is 1. The van der Waals surface area contributed by atoms with Crippen LogP contribution in [0.3, 0.4) is 0 Å². The van der Waals surface area contributed by atoms with E-state index >= 15 is 0 Å². The molecular formula is C21H19N5O3S3. The topological polar surface area (TPSA) is 116 Å². The molecule has 2 aromatic heterocycles. The minimum atomic E-state index is -3.86. The third kappa shape index (κ3) is 4.83. The van der Waals surface area contributed by atoms with Crippen LogP contribution in [0.4, 0.5) is 0 Å². The van der Waals surface area contributed by atoms with Gasteiger partial charge < -0.3 is 4.90 Å². The zero-order valence-corrected chi connectivity index (χ0v) is 19.5. The summed E-state index contributed by atoms with van der Waals surface area (Å²) in [5.41, 5.74) is 2.00. The van der Waals surface area contributed by atoms with Crippen molar-refractivity contribution in [3.8, 4) is 16.6 Å². The molecular weight excluding hydrogens is 466 g/mol. The van der Waals surface area contributed by atoms with Crippen LogP contribution >= 0.6 is 23.1 Å². The fraction of sp³-hybridized carbons (Fsp3) is 0.238. The first-order chi connectivity index (χ1) is 15.4. The molecule has 4 rings (SSSR count). The van der Waals surface area contributed by atoms with Gasteiger partial charge in [-0.3, -0.25) is 4.79 Å². The maximum absolute atomic E-state index is 12.9. The first-order valence-electron chi connectivity index (χ1n) is 9.67. The number of carbonyl (C=O) groups is 1. The number of nitrogens with one attached hydrogen (secondary N) is 1. The Morgan fingerprint density at radius 2 is 2.16 bits per heavy atom. The number of hydrogen-bond acceptors (Lipinski definition) is 8. The van der Waals surface area contributed by atoms with Crippen LogP contribution in [0, 0.1) is 11.3 Å². The second-order valence-corrected chi connectivity index (χ2v) is 10.9. The Kier molecular flexibility index (Phi) is 6.57. The van der Waals surface area contributed by atoms with Gasteiger partial charge in [-0.25, -0.2) is 18.4 Å². The molecule has 32 heavy (non-hydrogen) atoms. The Balaban J connectivity index is 1.45. The van der Waals surface area contributed by atoms with E-state index in [0.29, 0.717) is 40.8 Å². The van der Waals surface area contributed by atoms with E-state index in [4.69, 9.17) is 5.26 Å². The molecule has 1 fully saturated rings. The summed E-state index contributed by atoms with van der Waals surface area (Å²) in [6, 6.07) is 13.3. The number of aromatic nitrogens is 2. The molecule has 1 aliphatic heterocycles. The third-order valence-electron chi connectivity index (χ3n) is 4.94. The lowest BCUT2D eigenvalue weighted by molar-refractivity contribution is -0.129. The van der Waals surface area contributed by atoms with Crippen molar-refractivity contribution in [1.82, 2.24) is 19.6 Å². The largest absolute Gasteiger partial charge is 0.337 e. The molecule has 8 nitrogen and oxygen atoms in total. The van der Waals surface area contributed by atoms with Gasteiger partial charge >= 0.3 is 0 Å². The minimum Gasteiger partial charge on any atom is -0.337 e. The average Bonchev–Trinajstić information content (AvgIpc) is 3.43. The molecule has 0 saturated carbocycles. The Hall–Kier alpha value is -2.78. The Labute approximate surface area is 194 Å². The molecule has 0 aliphatic carbocycles. The predicted octanol–water partition coefficient (Wildman–Crippen LogP) is 2.88. The van der Waals surface area contributed by atoms with Crippen molar-refractivity contribution in [3.63, 3.8) is 0 Å². The van der Waals surface area contributed by atoms with Crippen LogP contribution in [0.1, 0.15) is 17.5 Å². The van der Waals surface area contributed by atoms with Gasteiger partial charge in [0.15, 0.2) is 5.16 Å². The summed E-state index contributed by atoms with van der Waals surface area (Å²) in [6.07, 6.45) is 3.89. The summed E-state index contributed by atoms with van der Waals surface area (Å²) in [6.45, 7) is 0.776. The van der Waals surface area contributed by atoms with E-state index < -0.39 is 16.1 Å². The number of carbonyl (C=O) groups excluding carboxylic acids is 1. The summed E-state index contributed by atoms with van der Waals surface area (Å²) in [5, 5.41) is 9.65. The van der Waals surface area contributed by atoms with Crippen molar-refractivity contribution in [3.05, 3.63) is 59.8 Å². The molecule has 11 heteroatoms. The maximum atomic E-state index is 12.9. The van der Waals surface area contributed by atoms with Crippen molar-refractivity contribution in [2.75, 3.05) is 12.8 Å². The fourth-order valence-electron chi connectivity index (χ4n) is 3.39. The highest BCUT2D eigenvalue weighted by atomic mass is 32.2. The molecule has 0 spiro atoms. The third-order valence-corrected chi connectivity index (χ3v) is 8.57. The highest BCUT2D eigenvalue weighted by Crippen LogP contribution is 2.30. The molecule has 1 aliphatic rings. The lowest BCUT2D eigenvalue weighted by Gasteiger charge is -2.17. The van der Waals surface area contributed by atoms with Crippen LogP contribution in [0.25, 0.3) is 10.6 Å². The van der Waals surface area contributed by atoms with E-state index in [1.54, 1.807) is 41.4 Å². The number of amides is 1. The zero-order valence-electron chi connectivity index (χ0n) is 17.1. The molecule has 1 N–H and O–H groups in total. The van der Waals surface area contributed by atoms with Crippen LogP contribution in [0.2, 0.25) is 0 Å². The van der Waals surface area contributed by atoms with Crippen molar-refractivity contribution in [2.24, 2.45) is 0 Å². The maximum Gasteiger partial charge on any atom is 0.250 e. The van der Waals surface area contributed by atoms with Crippen LogP contribution in [-0.4, -0.2) is 48.0 Å². The first kappa shape index (κ1) is 22.4. The lowest BCUT2D eigenvalue weighted by atomic mass is 10.1. The molecule has 164 valence electrons. The SMILES string of the molecule is CSc1nccc(-c2ccc(S(=O)(=O)N[C@H]3CCN(Cc4cccc(C#N)c4)C3=O)s2)n1. The molecule has 3 aromatic rings. The number of sulfonamides is 1. The van der Waals surface area contributed by atoms with Gasteiger partial charge in [0, 0.05) is 19.3 Å². The van der Waals surface area contributed by atoms with Crippen molar-refractivity contribution in [2.45, 2.75) is 28.4 Å². The summed E-state index contributed by atoms with van der Waals surface area (Å²) in [5.74, 6) is -0.270. The van der Waals surface area contributed by atoms with Gasteiger partial charge in [-0.15, -0.1) is 11.3 Å². The van der Waals surface area contributed by atoms with E-state index in [2.05, 4.69) is 20.8 Å². The second-order valence-electron chi connectivity index (χ2n) is 7.08. The summed E-state index contributed by atoms with van der Waals surface area (Å²) >= 11 is 2.51. The Morgan fingerprint density at radius 3 is 2.94 bits per heavy atom. The number of benzene rings is 1. The van der Waals surface area contributed by atoms with E-state index in [-0.39, 0.29) is 10.1 Å². The van der Waals surface area contributed by atoms with Gasteiger partial charge in [0.25, 0.3) is 10.0 Å². The normalized spacial score (nSPS) is 16.3. The number of likely N-dealkylation sites (tertiary alicyclic amines) is 1. The molecule has 1 amide bonds. The monoisotopic (exact) mass is 485 g/mol. The van der Waals surface area contributed by atoms with Gasteiger partial charge in [0.05, 0.1) is 22.2 Å². The van der Waals surface area contributed by atoms with Crippen LogP contribution in [-0.2, 0) is 21.4 Å². The fourth-order valence-corrected chi connectivity index (χ4v) is 6.26. The minimum absolute atomic E-state index is 0.129. The highest BCUT2D eigenvalue weighted by Gasteiger charge is 2.35. The summed E-state index contributed by atoms with van der Waals surface area (Å²) in [4.78, 5) is 23.6. The number of thiophene rings is 1.